The van der Waals surface area contributed by atoms with Gasteiger partial charge in [0, 0.05) is 28.4 Å². The maximum atomic E-state index is 15.2. The first kappa shape index (κ1) is 24.2. The molecule has 0 saturated heterocycles. The van der Waals surface area contributed by atoms with Crippen LogP contribution in [0.5, 0.6) is 5.75 Å². The number of rotatable bonds is 6. The summed E-state index contributed by atoms with van der Waals surface area (Å²) in [5, 5.41) is 11.9. The van der Waals surface area contributed by atoms with Gasteiger partial charge in [0.25, 0.3) is 5.56 Å². The van der Waals surface area contributed by atoms with Crippen LogP contribution in [-0.4, -0.2) is 31.7 Å². The van der Waals surface area contributed by atoms with Gasteiger partial charge >= 0.3 is 0 Å². The average molecular weight is 533 g/mol. The predicted octanol–water partition coefficient (Wildman–Crippen LogP) is 6.11. The van der Waals surface area contributed by atoms with Gasteiger partial charge in [-0.2, -0.15) is 0 Å². The number of aliphatic hydroxyl groups excluding tert-OH is 1. The Morgan fingerprint density at radius 2 is 1.90 bits per heavy atom. The number of benzene rings is 3. The zero-order chi connectivity index (χ0) is 27.4. The first-order valence-corrected chi connectivity index (χ1v) is 13.1. The van der Waals surface area contributed by atoms with Crippen molar-refractivity contribution in [3.05, 3.63) is 107 Å². The number of H-pyrrole nitrogens is 1. The van der Waals surface area contributed by atoms with Crippen LogP contribution in [0.15, 0.2) is 84.0 Å². The van der Waals surface area contributed by atoms with Crippen molar-refractivity contribution in [2.45, 2.75) is 25.4 Å². The summed E-state index contributed by atoms with van der Waals surface area (Å²) in [5.41, 5.74) is 5.16. The summed E-state index contributed by atoms with van der Waals surface area (Å²) in [7, 11) is 1.63. The third kappa shape index (κ3) is 3.96. The van der Waals surface area contributed by atoms with Crippen LogP contribution in [0.1, 0.15) is 29.9 Å². The number of nitrogens with one attached hydrogen (secondary N) is 1. The molecule has 198 valence electrons. The van der Waals surface area contributed by atoms with E-state index in [2.05, 4.69) is 15.0 Å². The fraction of sp³-hybridized carbons (Fsp3) is 0.156. The molecule has 6 aromatic rings. The number of aromatic nitrogens is 4. The Hall–Kier alpha value is -4.82. The lowest BCUT2D eigenvalue weighted by Gasteiger charge is -2.16. The lowest BCUT2D eigenvalue weighted by atomic mass is 10.00. The standard InChI is InChI=1S/C32H25FN4O3/c1-40-22-9-7-19(8-10-22)27-15-24-30(34-17-35-31(24)36-27)23-3-2-4-28(25(23)16-38)37-12-11-20-13-21(18-5-6-18)14-26(33)29(20)32(37)39/h2-4,7-15,17-18,38H,5-6,16H2,1H3,(H,34,35,36). The van der Waals surface area contributed by atoms with Crippen LogP contribution < -0.4 is 10.3 Å². The monoisotopic (exact) mass is 532 g/mol. The first-order valence-electron chi connectivity index (χ1n) is 13.1. The largest absolute Gasteiger partial charge is 0.497 e. The van der Waals surface area contributed by atoms with Crippen molar-refractivity contribution in [3.63, 3.8) is 0 Å². The number of aromatic amines is 1. The van der Waals surface area contributed by atoms with Gasteiger partial charge in [-0.25, -0.2) is 14.4 Å². The highest BCUT2D eigenvalue weighted by molar-refractivity contribution is 5.95. The number of hydrogen-bond acceptors (Lipinski definition) is 5. The summed E-state index contributed by atoms with van der Waals surface area (Å²) in [5.74, 6) is 0.621. The maximum absolute atomic E-state index is 15.2. The minimum absolute atomic E-state index is 0.0420. The number of pyridine rings is 1. The average Bonchev–Trinajstić information content (AvgIpc) is 3.74. The van der Waals surface area contributed by atoms with E-state index in [4.69, 9.17) is 4.74 Å². The smallest absolute Gasteiger partial charge is 0.265 e. The second-order valence-corrected chi connectivity index (χ2v) is 10.1. The van der Waals surface area contributed by atoms with Crippen molar-refractivity contribution in [2.75, 3.05) is 7.11 Å². The summed E-state index contributed by atoms with van der Waals surface area (Å²) in [6.45, 7) is -0.347. The molecular formula is C32H25FN4O3. The summed E-state index contributed by atoms with van der Waals surface area (Å²) in [6.07, 6.45) is 5.21. The molecule has 1 aliphatic rings. The van der Waals surface area contributed by atoms with Crippen LogP contribution in [-0.2, 0) is 6.61 Å². The van der Waals surface area contributed by atoms with Crippen LogP contribution in [0.25, 0.3) is 50.0 Å². The molecular weight excluding hydrogens is 507 g/mol. The molecule has 3 heterocycles. The molecule has 0 radical (unpaired) electrons. The number of methoxy groups -OCH3 is 1. The molecule has 1 fully saturated rings. The first-order chi connectivity index (χ1) is 19.6. The van der Waals surface area contributed by atoms with Gasteiger partial charge < -0.3 is 14.8 Å². The number of ether oxygens (including phenoxy) is 1. The molecule has 0 aliphatic heterocycles. The van der Waals surface area contributed by atoms with Crippen molar-refractivity contribution >= 4 is 21.8 Å². The van der Waals surface area contributed by atoms with Crippen molar-refractivity contribution in [2.24, 2.45) is 0 Å². The van der Waals surface area contributed by atoms with Gasteiger partial charge in [0.2, 0.25) is 0 Å². The SMILES string of the molecule is COc1ccc(-c2cc3c(-c4cccc(-n5ccc6cc(C7CC7)cc(F)c6c5=O)c4CO)ncnc3[nH]2)cc1. The Kier molecular flexibility index (Phi) is 5.71. The minimum atomic E-state index is -0.517. The van der Waals surface area contributed by atoms with Gasteiger partial charge in [-0.15, -0.1) is 0 Å². The molecule has 0 bridgehead atoms. The van der Waals surface area contributed by atoms with Gasteiger partial charge in [-0.1, -0.05) is 18.2 Å². The molecule has 7 nitrogen and oxygen atoms in total. The zero-order valence-corrected chi connectivity index (χ0v) is 21.7. The van der Waals surface area contributed by atoms with Crippen molar-refractivity contribution < 1.29 is 14.2 Å². The van der Waals surface area contributed by atoms with E-state index in [1.54, 1.807) is 31.5 Å². The van der Waals surface area contributed by atoms with Crippen LogP contribution in [0.4, 0.5) is 4.39 Å². The number of halogens is 1. The Labute approximate surface area is 228 Å². The molecule has 3 aromatic heterocycles. The van der Waals surface area contributed by atoms with Crippen molar-refractivity contribution in [1.82, 2.24) is 19.5 Å². The molecule has 7 rings (SSSR count). The van der Waals surface area contributed by atoms with Crippen LogP contribution in [0, 0.1) is 5.82 Å². The highest BCUT2D eigenvalue weighted by atomic mass is 19.1. The summed E-state index contributed by atoms with van der Waals surface area (Å²) < 4.78 is 21.9. The van der Waals surface area contributed by atoms with E-state index in [9.17, 15) is 9.90 Å². The van der Waals surface area contributed by atoms with Gasteiger partial charge in [-0.3, -0.25) is 9.36 Å². The van der Waals surface area contributed by atoms with Gasteiger partial charge in [0.05, 0.1) is 30.5 Å². The molecule has 0 spiro atoms. The van der Waals surface area contributed by atoms with Crippen LogP contribution in [0.2, 0.25) is 0 Å². The maximum Gasteiger partial charge on any atom is 0.265 e. The minimum Gasteiger partial charge on any atom is -0.497 e. The van der Waals surface area contributed by atoms with Gasteiger partial charge in [0.15, 0.2) is 0 Å². The second-order valence-electron chi connectivity index (χ2n) is 10.1. The van der Waals surface area contributed by atoms with E-state index < -0.39 is 11.4 Å². The van der Waals surface area contributed by atoms with E-state index in [-0.39, 0.29) is 12.0 Å². The summed E-state index contributed by atoms with van der Waals surface area (Å²) >= 11 is 0. The van der Waals surface area contributed by atoms with Crippen LogP contribution >= 0.6 is 0 Å². The summed E-state index contributed by atoms with van der Waals surface area (Å²) in [4.78, 5) is 25.9. The molecule has 2 N–H and O–H groups in total. The number of nitrogens with zero attached hydrogens (tertiary/aromatic N) is 3. The summed E-state index contributed by atoms with van der Waals surface area (Å²) in [6, 6.07) is 20.2. The fourth-order valence-corrected chi connectivity index (χ4v) is 5.46. The number of fused-ring (bicyclic) bond motifs is 2. The highest BCUT2D eigenvalue weighted by Gasteiger charge is 2.25. The van der Waals surface area contributed by atoms with E-state index in [1.807, 2.05) is 42.5 Å². The quantitative estimate of drug-likeness (QED) is 0.270. The van der Waals surface area contributed by atoms with E-state index in [0.29, 0.717) is 39.5 Å². The third-order valence-electron chi connectivity index (χ3n) is 7.68. The zero-order valence-electron chi connectivity index (χ0n) is 21.7. The van der Waals surface area contributed by atoms with E-state index in [0.717, 1.165) is 40.8 Å². The Morgan fingerprint density at radius 1 is 1.07 bits per heavy atom. The van der Waals surface area contributed by atoms with Crippen molar-refractivity contribution in [3.8, 4) is 34.0 Å². The molecule has 0 amide bonds. The molecule has 1 saturated carbocycles. The number of hydrogen-bond donors (Lipinski definition) is 2. The van der Waals surface area contributed by atoms with E-state index >= 15 is 4.39 Å². The second kappa shape index (κ2) is 9.43. The van der Waals surface area contributed by atoms with Crippen molar-refractivity contribution in [1.29, 1.82) is 0 Å². The molecule has 0 atom stereocenters. The van der Waals surface area contributed by atoms with Gasteiger partial charge in [0.1, 0.15) is 23.5 Å². The lowest BCUT2D eigenvalue weighted by molar-refractivity contribution is 0.282. The van der Waals surface area contributed by atoms with E-state index in [1.165, 1.54) is 17.0 Å². The molecule has 3 aromatic carbocycles. The molecule has 1 aliphatic carbocycles. The fourth-order valence-electron chi connectivity index (χ4n) is 5.46. The normalized spacial score (nSPS) is 13.3. The lowest BCUT2D eigenvalue weighted by Crippen LogP contribution is -2.20. The number of aliphatic hydroxyl groups is 1. The topological polar surface area (TPSA) is 93.0 Å². The molecule has 40 heavy (non-hydrogen) atoms. The van der Waals surface area contributed by atoms with Crippen LogP contribution in [0.3, 0.4) is 0 Å². The predicted molar refractivity (Wildman–Crippen MR) is 152 cm³/mol. The molecule has 0 unspecified atom stereocenters. The Morgan fingerprint density at radius 3 is 2.65 bits per heavy atom. The van der Waals surface area contributed by atoms with Gasteiger partial charge in [-0.05, 0) is 83.8 Å². The highest BCUT2D eigenvalue weighted by Crippen LogP contribution is 2.41. The molecule has 8 heteroatoms. The Bertz CT molecular complexity index is 1970. The third-order valence-corrected chi connectivity index (χ3v) is 7.68. The Balaban J connectivity index is 1.37.